The first-order valence-corrected chi connectivity index (χ1v) is 5.86. The number of hydrogen-bond donors (Lipinski definition) is 1. The summed E-state index contributed by atoms with van der Waals surface area (Å²) in [6.45, 7) is 7.71. The molecule has 1 aliphatic rings. The lowest BCUT2D eigenvalue weighted by molar-refractivity contribution is -0.00280. The summed E-state index contributed by atoms with van der Waals surface area (Å²) < 4.78 is 5.68. The molecule has 0 aliphatic carbocycles. The number of ether oxygens (including phenoxy) is 1. The van der Waals surface area contributed by atoms with Crippen LogP contribution in [0.5, 0.6) is 0 Å². The monoisotopic (exact) mass is 199 g/mol. The largest absolute Gasteiger partial charge is 0.377 e. The lowest BCUT2D eigenvalue weighted by Gasteiger charge is -2.29. The van der Waals surface area contributed by atoms with Crippen molar-refractivity contribution in [1.29, 1.82) is 0 Å². The average Bonchev–Trinajstić information content (AvgIpc) is 2.14. The summed E-state index contributed by atoms with van der Waals surface area (Å²) in [6, 6.07) is 0.245. The molecule has 1 saturated heterocycles. The predicted molar refractivity (Wildman–Crippen MR) is 60.3 cm³/mol. The van der Waals surface area contributed by atoms with Crippen LogP contribution in [0, 0.1) is 5.41 Å². The molecular weight excluding hydrogens is 174 g/mol. The van der Waals surface area contributed by atoms with Crippen LogP contribution in [0.3, 0.4) is 0 Å². The van der Waals surface area contributed by atoms with Crippen LogP contribution >= 0.6 is 0 Å². The van der Waals surface area contributed by atoms with E-state index in [0.717, 1.165) is 19.4 Å². The maximum absolute atomic E-state index is 6.13. The summed E-state index contributed by atoms with van der Waals surface area (Å²) in [4.78, 5) is 0. The Hall–Kier alpha value is -0.0800. The van der Waals surface area contributed by atoms with Crippen LogP contribution in [0.1, 0.15) is 52.9 Å². The SMILES string of the molecule is CC(C)(C)CCC(N)C1CCCCO1. The second kappa shape index (κ2) is 5.13. The van der Waals surface area contributed by atoms with E-state index in [4.69, 9.17) is 10.5 Å². The molecule has 0 aromatic rings. The molecule has 1 aliphatic heterocycles. The van der Waals surface area contributed by atoms with Gasteiger partial charge in [0.2, 0.25) is 0 Å². The van der Waals surface area contributed by atoms with E-state index in [1.165, 1.54) is 19.3 Å². The molecule has 0 amide bonds. The van der Waals surface area contributed by atoms with Gasteiger partial charge in [0.25, 0.3) is 0 Å². The summed E-state index contributed by atoms with van der Waals surface area (Å²) >= 11 is 0. The standard InChI is InChI=1S/C12H25NO/c1-12(2,3)8-7-10(13)11-6-4-5-9-14-11/h10-11H,4-9,13H2,1-3H3. The Labute approximate surface area is 88.2 Å². The Balaban J connectivity index is 2.23. The molecule has 84 valence electrons. The van der Waals surface area contributed by atoms with Gasteiger partial charge in [-0.15, -0.1) is 0 Å². The molecule has 0 spiro atoms. The van der Waals surface area contributed by atoms with Gasteiger partial charge in [-0.1, -0.05) is 20.8 Å². The highest BCUT2D eigenvalue weighted by molar-refractivity contribution is 4.78. The maximum atomic E-state index is 6.13. The molecule has 0 aromatic carbocycles. The van der Waals surface area contributed by atoms with Gasteiger partial charge >= 0.3 is 0 Å². The van der Waals surface area contributed by atoms with E-state index >= 15 is 0 Å². The smallest absolute Gasteiger partial charge is 0.0725 e. The third-order valence-electron chi connectivity index (χ3n) is 2.92. The molecule has 1 rings (SSSR count). The van der Waals surface area contributed by atoms with Gasteiger partial charge in [0.1, 0.15) is 0 Å². The van der Waals surface area contributed by atoms with Crippen molar-refractivity contribution in [2.45, 2.75) is 65.0 Å². The van der Waals surface area contributed by atoms with Gasteiger partial charge in [-0.25, -0.2) is 0 Å². The van der Waals surface area contributed by atoms with Crippen molar-refractivity contribution in [2.75, 3.05) is 6.61 Å². The molecule has 1 fully saturated rings. The lowest BCUT2D eigenvalue weighted by atomic mass is 9.87. The Morgan fingerprint density at radius 3 is 2.57 bits per heavy atom. The van der Waals surface area contributed by atoms with Gasteiger partial charge < -0.3 is 10.5 Å². The van der Waals surface area contributed by atoms with Crippen molar-refractivity contribution in [3.8, 4) is 0 Å². The summed E-state index contributed by atoms with van der Waals surface area (Å²) in [5, 5.41) is 0. The predicted octanol–water partition coefficient (Wildman–Crippen LogP) is 2.71. The fraction of sp³-hybridized carbons (Fsp3) is 1.00. The topological polar surface area (TPSA) is 35.2 Å². The van der Waals surface area contributed by atoms with Crippen LogP contribution < -0.4 is 5.73 Å². The van der Waals surface area contributed by atoms with E-state index in [1.807, 2.05) is 0 Å². The summed E-state index contributed by atoms with van der Waals surface area (Å²) in [7, 11) is 0. The van der Waals surface area contributed by atoms with E-state index < -0.39 is 0 Å². The molecule has 0 bridgehead atoms. The first kappa shape index (κ1) is 12.0. The lowest BCUT2D eigenvalue weighted by Crippen LogP contribution is -2.39. The van der Waals surface area contributed by atoms with Gasteiger partial charge in [0.05, 0.1) is 6.10 Å². The molecule has 1 heterocycles. The molecule has 2 heteroatoms. The molecule has 2 nitrogen and oxygen atoms in total. The molecule has 2 atom stereocenters. The maximum Gasteiger partial charge on any atom is 0.0725 e. The Kier molecular flexibility index (Phi) is 4.39. The van der Waals surface area contributed by atoms with E-state index in [-0.39, 0.29) is 6.04 Å². The quantitative estimate of drug-likeness (QED) is 0.758. The fourth-order valence-corrected chi connectivity index (χ4v) is 1.89. The first-order valence-electron chi connectivity index (χ1n) is 5.86. The minimum absolute atomic E-state index is 0.245. The zero-order valence-corrected chi connectivity index (χ0v) is 9.88. The Morgan fingerprint density at radius 1 is 1.36 bits per heavy atom. The van der Waals surface area contributed by atoms with Gasteiger partial charge in [0.15, 0.2) is 0 Å². The van der Waals surface area contributed by atoms with Crippen LogP contribution in [-0.2, 0) is 4.74 Å². The van der Waals surface area contributed by atoms with E-state index in [1.54, 1.807) is 0 Å². The number of nitrogens with two attached hydrogens (primary N) is 1. The summed E-state index contributed by atoms with van der Waals surface area (Å²) in [5.41, 5.74) is 6.53. The molecule has 0 radical (unpaired) electrons. The normalized spacial score (nSPS) is 26.1. The van der Waals surface area contributed by atoms with Crippen LogP contribution in [0.2, 0.25) is 0 Å². The highest BCUT2D eigenvalue weighted by Gasteiger charge is 2.22. The highest BCUT2D eigenvalue weighted by Crippen LogP contribution is 2.24. The van der Waals surface area contributed by atoms with Gasteiger partial charge in [-0.2, -0.15) is 0 Å². The number of hydrogen-bond acceptors (Lipinski definition) is 2. The van der Waals surface area contributed by atoms with E-state index in [9.17, 15) is 0 Å². The van der Waals surface area contributed by atoms with Crippen molar-refractivity contribution < 1.29 is 4.74 Å². The molecule has 0 saturated carbocycles. The van der Waals surface area contributed by atoms with Gasteiger partial charge in [0, 0.05) is 12.6 Å². The van der Waals surface area contributed by atoms with E-state index in [0.29, 0.717) is 11.5 Å². The second-order valence-electron chi connectivity index (χ2n) is 5.67. The van der Waals surface area contributed by atoms with Gasteiger partial charge in [-0.05, 0) is 37.5 Å². The van der Waals surface area contributed by atoms with Crippen LogP contribution in [-0.4, -0.2) is 18.8 Å². The van der Waals surface area contributed by atoms with Crippen molar-refractivity contribution in [1.82, 2.24) is 0 Å². The fourth-order valence-electron chi connectivity index (χ4n) is 1.89. The van der Waals surface area contributed by atoms with Crippen molar-refractivity contribution >= 4 is 0 Å². The average molecular weight is 199 g/mol. The molecule has 2 N–H and O–H groups in total. The third kappa shape index (κ3) is 4.43. The van der Waals surface area contributed by atoms with Crippen LogP contribution in [0.25, 0.3) is 0 Å². The van der Waals surface area contributed by atoms with E-state index in [2.05, 4.69) is 20.8 Å². The van der Waals surface area contributed by atoms with Crippen molar-refractivity contribution in [2.24, 2.45) is 11.1 Å². The summed E-state index contributed by atoms with van der Waals surface area (Å²) in [6.07, 6.45) is 6.26. The van der Waals surface area contributed by atoms with Crippen LogP contribution in [0.4, 0.5) is 0 Å². The molecule has 14 heavy (non-hydrogen) atoms. The third-order valence-corrected chi connectivity index (χ3v) is 2.92. The molecule has 0 aromatic heterocycles. The molecule has 2 unspecified atom stereocenters. The van der Waals surface area contributed by atoms with Crippen molar-refractivity contribution in [3.05, 3.63) is 0 Å². The minimum atomic E-state index is 0.245. The number of rotatable bonds is 3. The van der Waals surface area contributed by atoms with Crippen molar-refractivity contribution in [3.63, 3.8) is 0 Å². The Morgan fingerprint density at radius 2 is 2.07 bits per heavy atom. The highest BCUT2D eigenvalue weighted by atomic mass is 16.5. The zero-order valence-electron chi connectivity index (χ0n) is 9.88. The van der Waals surface area contributed by atoms with Gasteiger partial charge in [-0.3, -0.25) is 0 Å². The first-order chi connectivity index (χ1) is 6.49. The molecular formula is C12H25NO. The second-order valence-corrected chi connectivity index (χ2v) is 5.67. The Bertz CT molecular complexity index is 156. The zero-order chi connectivity index (χ0) is 10.6. The van der Waals surface area contributed by atoms with Crippen LogP contribution in [0.15, 0.2) is 0 Å². The summed E-state index contributed by atoms with van der Waals surface area (Å²) in [5.74, 6) is 0. The minimum Gasteiger partial charge on any atom is -0.377 e.